The minimum absolute atomic E-state index is 0.146. The Morgan fingerprint density at radius 1 is 1.22 bits per heavy atom. The molecule has 7 heteroatoms. The van der Waals surface area contributed by atoms with Crippen LogP contribution < -0.4 is 4.90 Å². The van der Waals surface area contributed by atoms with Crippen molar-refractivity contribution in [3.63, 3.8) is 0 Å². The first-order valence-electron chi connectivity index (χ1n) is 9.17. The van der Waals surface area contributed by atoms with Crippen molar-refractivity contribution in [2.24, 2.45) is 5.92 Å². The molecule has 27 heavy (non-hydrogen) atoms. The second-order valence-corrected chi connectivity index (χ2v) is 8.36. The van der Waals surface area contributed by atoms with Crippen molar-refractivity contribution in [2.45, 2.75) is 24.4 Å². The van der Waals surface area contributed by atoms with Crippen LogP contribution in [0, 0.1) is 5.92 Å². The number of aromatic nitrogens is 2. The van der Waals surface area contributed by atoms with Crippen molar-refractivity contribution in [3.05, 3.63) is 47.1 Å². The van der Waals surface area contributed by atoms with Crippen LogP contribution in [0.15, 0.2) is 41.6 Å². The quantitative estimate of drug-likeness (QED) is 0.416. The molecule has 0 aliphatic carbocycles. The number of thioether (sulfide) groups is 1. The SMILES string of the molecule is CN(C)c1cc(Cl)nc(SCC(=O)N2CCC(Cc3ccccc3)CC2)n1. The Hall–Kier alpha value is -1.79. The average Bonchev–Trinajstić information content (AvgIpc) is 2.67. The van der Waals surface area contributed by atoms with Gasteiger partial charge in [-0.2, -0.15) is 0 Å². The zero-order valence-corrected chi connectivity index (χ0v) is 17.3. The van der Waals surface area contributed by atoms with E-state index in [1.54, 1.807) is 6.07 Å². The molecule has 144 valence electrons. The molecule has 2 aromatic rings. The predicted molar refractivity (Wildman–Crippen MR) is 112 cm³/mol. The first kappa shape index (κ1) is 20.0. The van der Waals surface area contributed by atoms with Gasteiger partial charge in [-0.25, -0.2) is 9.97 Å². The number of carbonyl (C=O) groups excluding carboxylic acids is 1. The van der Waals surface area contributed by atoms with Gasteiger partial charge in [0, 0.05) is 33.3 Å². The molecule has 1 aromatic carbocycles. The van der Waals surface area contributed by atoms with E-state index in [0.717, 1.165) is 38.2 Å². The number of halogens is 1. The van der Waals surface area contributed by atoms with Gasteiger partial charge in [0.15, 0.2) is 5.16 Å². The van der Waals surface area contributed by atoms with Crippen molar-refractivity contribution < 1.29 is 4.79 Å². The lowest BCUT2D eigenvalue weighted by atomic mass is 9.90. The van der Waals surface area contributed by atoms with Gasteiger partial charge in [-0.3, -0.25) is 4.79 Å². The summed E-state index contributed by atoms with van der Waals surface area (Å²) >= 11 is 7.40. The summed E-state index contributed by atoms with van der Waals surface area (Å²) in [5, 5.41) is 0.934. The summed E-state index contributed by atoms with van der Waals surface area (Å²) < 4.78 is 0. The Bertz CT molecular complexity index is 764. The number of benzene rings is 1. The zero-order valence-electron chi connectivity index (χ0n) is 15.8. The second kappa shape index (κ2) is 9.42. The molecule has 0 N–H and O–H groups in total. The van der Waals surface area contributed by atoms with E-state index in [4.69, 9.17) is 11.6 Å². The molecule has 2 heterocycles. The zero-order chi connectivity index (χ0) is 19.2. The summed E-state index contributed by atoms with van der Waals surface area (Å²) in [6.45, 7) is 1.66. The van der Waals surface area contributed by atoms with Crippen LogP contribution in [0.4, 0.5) is 5.82 Å². The number of amides is 1. The van der Waals surface area contributed by atoms with Gasteiger partial charge in [-0.05, 0) is 30.7 Å². The third-order valence-electron chi connectivity index (χ3n) is 4.78. The highest BCUT2D eigenvalue weighted by Crippen LogP contribution is 2.24. The van der Waals surface area contributed by atoms with Crippen LogP contribution in [0.5, 0.6) is 0 Å². The van der Waals surface area contributed by atoms with Crippen molar-refractivity contribution >= 4 is 35.1 Å². The summed E-state index contributed by atoms with van der Waals surface area (Å²) in [5.41, 5.74) is 1.38. The maximum atomic E-state index is 12.5. The van der Waals surface area contributed by atoms with Gasteiger partial charge >= 0.3 is 0 Å². The van der Waals surface area contributed by atoms with Gasteiger partial charge in [0.1, 0.15) is 11.0 Å². The fourth-order valence-electron chi connectivity index (χ4n) is 3.23. The molecule has 0 saturated carbocycles. The van der Waals surface area contributed by atoms with Crippen molar-refractivity contribution in [1.29, 1.82) is 0 Å². The standard InChI is InChI=1S/C20H25ClN4OS/c1-24(2)18-13-17(21)22-20(23-18)27-14-19(26)25-10-8-16(9-11-25)12-15-6-4-3-5-7-15/h3-7,13,16H,8-12,14H2,1-2H3. The smallest absolute Gasteiger partial charge is 0.233 e. The first-order valence-corrected chi connectivity index (χ1v) is 10.5. The molecule has 1 aliphatic rings. The van der Waals surface area contributed by atoms with Gasteiger partial charge in [0.2, 0.25) is 5.91 Å². The minimum atomic E-state index is 0.146. The molecule has 0 atom stereocenters. The topological polar surface area (TPSA) is 49.3 Å². The maximum Gasteiger partial charge on any atom is 0.233 e. The van der Waals surface area contributed by atoms with Gasteiger partial charge < -0.3 is 9.80 Å². The van der Waals surface area contributed by atoms with E-state index < -0.39 is 0 Å². The third kappa shape index (κ3) is 5.84. The average molecular weight is 405 g/mol. The van der Waals surface area contributed by atoms with Gasteiger partial charge in [0.25, 0.3) is 0 Å². The largest absolute Gasteiger partial charge is 0.363 e. The maximum absolute atomic E-state index is 12.5. The molecule has 0 radical (unpaired) electrons. The second-order valence-electron chi connectivity index (χ2n) is 7.03. The summed E-state index contributed by atoms with van der Waals surface area (Å²) in [4.78, 5) is 25.0. The van der Waals surface area contributed by atoms with E-state index in [1.165, 1.54) is 17.3 Å². The molecule has 3 rings (SSSR count). The number of rotatable bonds is 6. The van der Waals surface area contributed by atoms with Gasteiger partial charge in [0.05, 0.1) is 5.75 Å². The molecule has 0 bridgehead atoms. The molecule has 1 amide bonds. The van der Waals surface area contributed by atoms with Crippen molar-refractivity contribution in [1.82, 2.24) is 14.9 Å². The Labute approximate surface area is 170 Å². The molecular formula is C20H25ClN4OS. The first-order chi connectivity index (χ1) is 13.0. The summed E-state index contributed by atoms with van der Waals surface area (Å²) in [7, 11) is 3.80. The lowest BCUT2D eigenvalue weighted by molar-refractivity contribution is -0.129. The molecule has 1 saturated heterocycles. The Morgan fingerprint density at radius 3 is 2.59 bits per heavy atom. The van der Waals surface area contributed by atoms with E-state index in [9.17, 15) is 4.79 Å². The molecule has 5 nitrogen and oxygen atoms in total. The number of carbonyl (C=O) groups is 1. The van der Waals surface area contributed by atoms with E-state index in [0.29, 0.717) is 22.0 Å². The molecule has 1 aromatic heterocycles. The van der Waals surface area contributed by atoms with Crippen LogP contribution in [-0.4, -0.2) is 53.7 Å². The fraction of sp³-hybridized carbons (Fsp3) is 0.450. The lowest BCUT2D eigenvalue weighted by Crippen LogP contribution is -2.39. The van der Waals surface area contributed by atoms with Crippen LogP contribution in [0.3, 0.4) is 0 Å². The van der Waals surface area contributed by atoms with Crippen LogP contribution in [0.2, 0.25) is 5.15 Å². The van der Waals surface area contributed by atoms with Crippen molar-refractivity contribution in [2.75, 3.05) is 37.8 Å². The number of hydrogen-bond acceptors (Lipinski definition) is 5. The number of hydrogen-bond donors (Lipinski definition) is 0. The monoisotopic (exact) mass is 404 g/mol. The summed E-state index contributed by atoms with van der Waals surface area (Å²) in [6.07, 6.45) is 3.22. The molecular weight excluding hydrogens is 380 g/mol. The Morgan fingerprint density at radius 2 is 1.93 bits per heavy atom. The van der Waals surface area contributed by atoms with E-state index >= 15 is 0 Å². The van der Waals surface area contributed by atoms with Gasteiger partial charge in [-0.15, -0.1) is 0 Å². The van der Waals surface area contributed by atoms with Crippen molar-refractivity contribution in [3.8, 4) is 0 Å². The van der Waals surface area contributed by atoms with Gasteiger partial charge in [-0.1, -0.05) is 53.7 Å². The molecule has 0 unspecified atom stereocenters. The normalized spacial score (nSPS) is 15.0. The number of likely N-dealkylation sites (tertiary alicyclic amines) is 1. The number of nitrogens with zero attached hydrogens (tertiary/aromatic N) is 4. The summed E-state index contributed by atoms with van der Waals surface area (Å²) in [5.74, 6) is 1.89. The highest BCUT2D eigenvalue weighted by molar-refractivity contribution is 7.99. The van der Waals surface area contributed by atoms with E-state index in [-0.39, 0.29) is 5.91 Å². The minimum Gasteiger partial charge on any atom is -0.363 e. The highest BCUT2D eigenvalue weighted by Gasteiger charge is 2.23. The molecule has 0 spiro atoms. The van der Waals surface area contributed by atoms with Crippen LogP contribution >= 0.6 is 23.4 Å². The molecule has 1 aliphatic heterocycles. The highest BCUT2D eigenvalue weighted by atomic mass is 35.5. The lowest BCUT2D eigenvalue weighted by Gasteiger charge is -2.32. The fourth-order valence-corrected chi connectivity index (χ4v) is 4.21. The Balaban J connectivity index is 1.47. The summed E-state index contributed by atoms with van der Waals surface area (Å²) in [6, 6.07) is 12.3. The molecule has 1 fully saturated rings. The number of piperidine rings is 1. The van der Waals surface area contributed by atoms with Crippen LogP contribution in [0.25, 0.3) is 0 Å². The van der Waals surface area contributed by atoms with Crippen LogP contribution in [0.1, 0.15) is 18.4 Å². The van der Waals surface area contributed by atoms with Crippen LogP contribution in [-0.2, 0) is 11.2 Å². The number of anilines is 1. The predicted octanol–water partition coefficient (Wildman–Crippen LogP) is 3.77. The third-order valence-corrected chi connectivity index (χ3v) is 5.80. The van der Waals surface area contributed by atoms with E-state index in [2.05, 4.69) is 34.2 Å². The Kier molecular flexibility index (Phi) is 6.96. The van der Waals surface area contributed by atoms with E-state index in [1.807, 2.05) is 30.0 Å².